The Kier molecular flexibility index (Phi) is 6.86. The van der Waals surface area contributed by atoms with E-state index in [0.29, 0.717) is 11.9 Å². The topological polar surface area (TPSA) is 116 Å². The molecule has 1 amide bonds. The molecule has 2 aromatic rings. The molecule has 1 aromatic carbocycles. The third kappa shape index (κ3) is 6.13. The van der Waals surface area contributed by atoms with E-state index in [4.69, 9.17) is 28.3 Å². The van der Waals surface area contributed by atoms with Crippen LogP contribution < -0.4 is 16.0 Å². The molecule has 4 N–H and O–H groups in total. The third-order valence-corrected chi connectivity index (χ3v) is 3.86. The Morgan fingerprint density at radius 2 is 1.86 bits per heavy atom. The first-order valence-electron chi connectivity index (χ1n) is 7.45. The number of amides is 1. The van der Waals surface area contributed by atoms with Crippen LogP contribution in [0.4, 0.5) is 30.6 Å². The SMILES string of the molecule is O=C(O)CNC(=O)CNc1nc(Nc2ccc(Cl)c(Cl)c2)ncc1C(F)(F)F. The van der Waals surface area contributed by atoms with Crippen molar-refractivity contribution < 1.29 is 27.9 Å². The lowest BCUT2D eigenvalue weighted by Gasteiger charge is -2.14. The second-order valence-corrected chi connectivity index (χ2v) is 6.05. The predicted molar refractivity (Wildman–Crippen MR) is 95.9 cm³/mol. The van der Waals surface area contributed by atoms with E-state index >= 15 is 0 Å². The molecule has 0 aliphatic rings. The number of carboxylic acid groups (broad SMARTS) is 1. The van der Waals surface area contributed by atoms with E-state index in [9.17, 15) is 22.8 Å². The number of carbonyl (C=O) groups is 2. The van der Waals surface area contributed by atoms with E-state index in [-0.39, 0.29) is 16.0 Å². The standard InChI is InChI=1S/C15H12Cl2F3N5O3/c16-9-2-1-7(3-10(9)17)24-14-23-4-8(15(18,19)20)13(25-14)22-5-11(26)21-6-12(27)28/h1-4H,5-6H2,(H,21,26)(H,27,28)(H2,22,23,24,25). The van der Waals surface area contributed by atoms with E-state index in [0.717, 1.165) is 0 Å². The number of alkyl halides is 3. The molecule has 8 nitrogen and oxygen atoms in total. The molecular weight excluding hydrogens is 426 g/mol. The Balaban J connectivity index is 2.20. The molecule has 0 spiro atoms. The summed E-state index contributed by atoms with van der Waals surface area (Å²) in [5, 5.41) is 15.9. The Morgan fingerprint density at radius 1 is 1.14 bits per heavy atom. The van der Waals surface area contributed by atoms with Gasteiger partial charge in [-0.15, -0.1) is 0 Å². The number of carboxylic acids is 1. The summed E-state index contributed by atoms with van der Waals surface area (Å²) in [5.41, 5.74) is -0.822. The molecule has 13 heteroatoms. The minimum atomic E-state index is -4.78. The number of carbonyl (C=O) groups excluding carboxylic acids is 1. The summed E-state index contributed by atoms with van der Waals surface area (Å²) in [4.78, 5) is 29.3. The van der Waals surface area contributed by atoms with Gasteiger partial charge in [-0.3, -0.25) is 9.59 Å². The van der Waals surface area contributed by atoms with Gasteiger partial charge in [0, 0.05) is 11.9 Å². The fraction of sp³-hybridized carbons (Fsp3) is 0.200. The number of anilines is 3. The molecule has 0 atom stereocenters. The summed E-state index contributed by atoms with van der Waals surface area (Å²) in [6.07, 6.45) is -4.23. The molecule has 2 rings (SSSR count). The number of nitrogens with zero attached hydrogens (tertiary/aromatic N) is 2. The zero-order valence-corrected chi connectivity index (χ0v) is 15.3. The van der Waals surface area contributed by atoms with Gasteiger partial charge in [0.25, 0.3) is 0 Å². The molecule has 1 aromatic heterocycles. The maximum absolute atomic E-state index is 13.1. The summed E-state index contributed by atoms with van der Waals surface area (Å²) in [5.74, 6) is -2.97. The van der Waals surface area contributed by atoms with Gasteiger partial charge >= 0.3 is 12.1 Å². The molecule has 0 aliphatic carbocycles. The monoisotopic (exact) mass is 437 g/mol. The zero-order valence-electron chi connectivity index (χ0n) is 13.8. The quantitative estimate of drug-likeness (QED) is 0.525. The van der Waals surface area contributed by atoms with Crippen molar-refractivity contribution in [1.82, 2.24) is 15.3 Å². The minimum Gasteiger partial charge on any atom is -0.480 e. The van der Waals surface area contributed by atoms with Crippen molar-refractivity contribution in [3.8, 4) is 0 Å². The van der Waals surface area contributed by atoms with Crippen LogP contribution in [0, 0.1) is 0 Å². The van der Waals surface area contributed by atoms with E-state index in [1.165, 1.54) is 18.2 Å². The smallest absolute Gasteiger partial charge is 0.421 e. The zero-order chi connectivity index (χ0) is 20.9. The van der Waals surface area contributed by atoms with E-state index < -0.39 is 42.5 Å². The van der Waals surface area contributed by atoms with Crippen LogP contribution in [-0.2, 0) is 15.8 Å². The largest absolute Gasteiger partial charge is 0.480 e. The summed E-state index contributed by atoms with van der Waals surface area (Å²) in [6, 6.07) is 4.42. The Bertz CT molecular complexity index is 896. The highest BCUT2D eigenvalue weighted by molar-refractivity contribution is 6.42. The predicted octanol–water partition coefficient (Wildman–Crippen LogP) is 3.16. The van der Waals surface area contributed by atoms with Crippen molar-refractivity contribution in [2.24, 2.45) is 0 Å². The molecule has 0 bridgehead atoms. The molecule has 28 heavy (non-hydrogen) atoms. The molecule has 0 radical (unpaired) electrons. The fourth-order valence-electron chi connectivity index (χ4n) is 1.89. The van der Waals surface area contributed by atoms with Gasteiger partial charge < -0.3 is 21.1 Å². The van der Waals surface area contributed by atoms with Gasteiger partial charge in [-0.25, -0.2) is 4.98 Å². The summed E-state index contributed by atoms with van der Waals surface area (Å²) in [7, 11) is 0. The van der Waals surface area contributed by atoms with E-state index in [1.807, 2.05) is 5.32 Å². The number of hydrogen-bond acceptors (Lipinski definition) is 6. The first-order valence-corrected chi connectivity index (χ1v) is 8.20. The summed E-state index contributed by atoms with van der Waals surface area (Å²) in [6.45, 7) is -1.29. The second kappa shape index (κ2) is 8.93. The fourth-order valence-corrected chi connectivity index (χ4v) is 2.19. The molecular formula is C15H12Cl2F3N5O3. The average molecular weight is 438 g/mol. The van der Waals surface area contributed by atoms with Gasteiger partial charge in [-0.1, -0.05) is 23.2 Å². The lowest BCUT2D eigenvalue weighted by molar-refractivity contribution is -0.137. The Hall–Kier alpha value is -2.79. The molecule has 1 heterocycles. The normalized spacial score (nSPS) is 11.0. The van der Waals surface area contributed by atoms with Crippen LogP contribution in [0.3, 0.4) is 0 Å². The molecule has 0 saturated carbocycles. The number of benzene rings is 1. The lowest BCUT2D eigenvalue weighted by Crippen LogP contribution is -2.34. The van der Waals surface area contributed by atoms with Crippen molar-refractivity contribution >= 4 is 52.5 Å². The van der Waals surface area contributed by atoms with Gasteiger partial charge in [0.05, 0.1) is 16.6 Å². The van der Waals surface area contributed by atoms with Gasteiger partial charge in [0.1, 0.15) is 17.9 Å². The van der Waals surface area contributed by atoms with Crippen molar-refractivity contribution in [2.45, 2.75) is 6.18 Å². The van der Waals surface area contributed by atoms with Crippen LogP contribution in [0.1, 0.15) is 5.56 Å². The van der Waals surface area contributed by atoms with Crippen molar-refractivity contribution in [1.29, 1.82) is 0 Å². The Labute approximate surface area is 166 Å². The number of nitrogens with one attached hydrogen (secondary N) is 3. The molecule has 0 fully saturated rings. The first kappa shape index (κ1) is 21.5. The number of aromatic nitrogens is 2. The molecule has 150 valence electrons. The van der Waals surface area contributed by atoms with Gasteiger partial charge in [0.15, 0.2) is 0 Å². The van der Waals surface area contributed by atoms with Crippen molar-refractivity contribution in [2.75, 3.05) is 23.7 Å². The third-order valence-electron chi connectivity index (χ3n) is 3.12. The average Bonchev–Trinajstić information content (AvgIpc) is 2.60. The highest BCUT2D eigenvalue weighted by atomic mass is 35.5. The van der Waals surface area contributed by atoms with Crippen LogP contribution in [0.2, 0.25) is 10.0 Å². The van der Waals surface area contributed by atoms with Crippen LogP contribution in [0.25, 0.3) is 0 Å². The highest BCUT2D eigenvalue weighted by Gasteiger charge is 2.35. The van der Waals surface area contributed by atoms with Crippen molar-refractivity contribution in [3.05, 3.63) is 40.0 Å². The summed E-state index contributed by atoms with van der Waals surface area (Å²) < 4.78 is 39.4. The number of hydrogen-bond donors (Lipinski definition) is 4. The summed E-state index contributed by atoms with van der Waals surface area (Å²) >= 11 is 11.7. The van der Waals surface area contributed by atoms with Gasteiger partial charge in [0.2, 0.25) is 11.9 Å². The second-order valence-electron chi connectivity index (χ2n) is 5.23. The molecule has 0 saturated heterocycles. The number of halogens is 5. The van der Waals surface area contributed by atoms with Crippen molar-refractivity contribution in [3.63, 3.8) is 0 Å². The lowest BCUT2D eigenvalue weighted by atomic mass is 10.3. The minimum absolute atomic E-state index is 0.195. The number of aliphatic carboxylic acids is 1. The van der Waals surface area contributed by atoms with Gasteiger partial charge in [-0.05, 0) is 18.2 Å². The van der Waals surface area contributed by atoms with Crippen LogP contribution >= 0.6 is 23.2 Å². The van der Waals surface area contributed by atoms with Gasteiger partial charge in [-0.2, -0.15) is 18.2 Å². The number of rotatable bonds is 7. The first-order chi connectivity index (χ1) is 13.1. The molecule has 0 aliphatic heterocycles. The Morgan fingerprint density at radius 3 is 2.46 bits per heavy atom. The maximum Gasteiger partial charge on any atom is 0.421 e. The highest BCUT2D eigenvalue weighted by Crippen LogP contribution is 2.34. The maximum atomic E-state index is 13.1. The van der Waals surface area contributed by atoms with Crippen LogP contribution in [0.5, 0.6) is 0 Å². The molecule has 0 unspecified atom stereocenters. The van der Waals surface area contributed by atoms with E-state index in [1.54, 1.807) is 0 Å². The van der Waals surface area contributed by atoms with Crippen LogP contribution in [0.15, 0.2) is 24.4 Å². The van der Waals surface area contributed by atoms with Crippen LogP contribution in [-0.4, -0.2) is 40.0 Å². The van der Waals surface area contributed by atoms with E-state index in [2.05, 4.69) is 20.6 Å².